The number of nitrogens with zero attached hydrogens (tertiary/aromatic N) is 3. The summed E-state index contributed by atoms with van der Waals surface area (Å²) in [5.41, 5.74) is 0.995. The molecule has 0 bridgehead atoms. The molecule has 2 aliphatic heterocycles. The number of urea groups is 1. The lowest BCUT2D eigenvalue weighted by molar-refractivity contribution is -0.121. The van der Waals surface area contributed by atoms with Gasteiger partial charge in [0.05, 0.1) is 13.2 Å². The minimum atomic E-state index is -0.416. The van der Waals surface area contributed by atoms with E-state index in [1.165, 1.54) is 56.3 Å². The van der Waals surface area contributed by atoms with E-state index in [1.807, 2.05) is 12.3 Å². The van der Waals surface area contributed by atoms with E-state index in [4.69, 9.17) is 0 Å². The van der Waals surface area contributed by atoms with Gasteiger partial charge in [0.25, 0.3) is 5.56 Å². The van der Waals surface area contributed by atoms with Crippen molar-refractivity contribution in [2.45, 2.75) is 91.8 Å². The molecule has 1 saturated carbocycles. The van der Waals surface area contributed by atoms with Crippen molar-refractivity contribution in [2.24, 2.45) is 23.2 Å². The maximum Gasteiger partial charge on any atom is 0.324 e. The lowest BCUT2D eigenvalue weighted by Gasteiger charge is -2.37. The van der Waals surface area contributed by atoms with E-state index in [0.717, 1.165) is 30.8 Å². The molecule has 1 aliphatic carbocycles. The Morgan fingerprint density at radius 1 is 0.914 bits per heavy atom. The van der Waals surface area contributed by atoms with Gasteiger partial charge in [-0.1, -0.05) is 52.5 Å². The largest absolute Gasteiger partial charge is 0.324 e. The lowest BCUT2D eigenvalue weighted by Crippen LogP contribution is -2.49. The van der Waals surface area contributed by atoms with Crippen molar-refractivity contribution >= 4 is 11.9 Å². The van der Waals surface area contributed by atoms with Gasteiger partial charge >= 0.3 is 6.03 Å². The lowest BCUT2D eigenvalue weighted by atomic mass is 9.72. The van der Waals surface area contributed by atoms with Gasteiger partial charge in [-0.3, -0.25) is 19.8 Å². The Bertz CT molecular complexity index is 934. The fourth-order valence-corrected chi connectivity index (χ4v) is 6.36. The molecule has 0 atom stereocenters. The highest BCUT2D eigenvalue weighted by Gasteiger charge is 2.28. The molecule has 0 aromatic carbocycles. The first kappa shape index (κ1) is 25.9. The van der Waals surface area contributed by atoms with Crippen LogP contribution in [0.4, 0.5) is 4.79 Å². The molecule has 1 N–H and O–H groups in total. The van der Waals surface area contributed by atoms with Crippen LogP contribution in [0.15, 0.2) is 23.1 Å². The summed E-state index contributed by atoms with van der Waals surface area (Å²) in [4.78, 5) is 40.4. The van der Waals surface area contributed by atoms with Crippen molar-refractivity contribution in [3.63, 3.8) is 0 Å². The second-order valence-corrected chi connectivity index (χ2v) is 12.4. The van der Waals surface area contributed by atoms with Crippen LogP contribution in [0.2, 0.25) is 0 Å². The molecule has 0 spiro atoms. The van der Waals surface area contributed by atoms with Crippen LogP contribution in [0, 0.1) is 23.2 Å². The van der Waals surface area contributed by atoms with Gasteiger partial charge in [-0.05, 0) is 54.9 Å². The zero-order valence-corrected chi connectivity index (χ0v) is 21.9. The number of pyridine rings is 1. The summed E-state index contributed by atoms with van der Waals surface area (Å²) in [5.74, 6) is 2.39. The fraction of sp³-hybridized carbons (Fsp3) is 0.750. The molecule has 0 unspecified atom stereocenters. The molecule has 7 heteroatoms. The SMILES string of the molecule is CC(C)(C)CC1CCC(CC2CCN(Cn3cccc(CN4CCC(=O)NC4=O)c3=O)CC2)CC1. The van der Waals surface area contributed by atoms with Gasteiger partial charge in [0.2, 0.25) is 5.91 Å². The van der Waals surface area contributed by atoms with Crippen molar-refractivity contribution in [1.82, 2.24) is 19.7 Å². The Labute approximate surface area is 210 Å². The highest BCUT2D eigenvalue weighted by atomic mass is 16.2. The molecule has 35 heavy (non-hydrogen) atoms. The molecule has 1 aromatic heterocycles. The third kappa shape index (κ3) is 7.42. The molecule has 194 valence electrons. The van der Waals surface area contributed by atoms with Crippen LogP contribution in [-0.4, -0.2) is 45.9 Å². The predicted octanol–water partition coefficient (Wildman–Crippen LogP) is 4.59. The van der Waals surface area contributed by atoms with Crippen LogP contribution in [0.25, 0.3) is 0 Å². The molecule has 4 rings (SSSR count). The normalized spacial score (nSPS) is 25.1. The van der Waals surface area contributed by atoms with E-state index < -0.39 is 6.03 Å². The van der Waals surface area contributed by atoms with Crippen LogP contribution >= 0.6 is 0 Å². The first-order valence-corrected chi connectivity index (χ1v) is 13.7. The third-order valence-electron chi connectivity index (χ3n) is 8.20. The van der Waals surface area contributed by atoms with Crippen molar-refractivity contribution in [1.29, 1.82) is 0 Å². The Kier molecular flexibility index (Phi) is 8.35. The first-order chi connectivity index (χ1) is 16.7. The van der Waals surface area contributed by atoms with Gasteiger partial charge in [-0.25, -0.2) is 4.79 Å². The molecule has 3 aliphatic rings. The molecule has 3 heterocycles. The van der Waals surface area contributed by atoms with E-state index in [9.17, 15) is 14.4 Å². The van der Waals surface area contributed by atoms with E-state index in [1.54, 1.807) is 10.6 Å². The molecular formula is C28H44N4O3. The summed E-state index contributed by atoms with van der Waals surface area (Å²) in [5, 5.41) is 2.32. The first-order valence-electron chi connectivity index (χ1n) is 13.7. The maximum atomic E-state index is 13.0. The monoisotopic (exact) mass is 484 g/mol. The van der Waals surface area contributed by atoms with Crippen LogP contribution < -0.4 is 10.9 Å². The van der Waals surface area contributed by atoms with E-state index in [0.29, 0.717) is 24.2 Å². The number of carbonyl (C=O) groups excluding carboxylic acids is 2. The summed E-state index contributed by atoms with van der Waals surface area (Å²) in [6.07, 6.45) is 12.9. The Hall–Kier alpha value is -2.15. The summed E-state index contributed by atoms with van der Waals surface area (Å²) in [6.45, 7) is 10.4. The second kappa shape index (κ2) is 11.3. The number of amides is 3. The quantitative estimate of drug-likeness (QED) is 0.614. The molecular weight excluding hydrogens is 440 g/mol. The van der Waals surface area contributed by atoms with E-state index >= 15 is 0 Å². The summed E-state index contributed by atoms with van der Waals surface area (Å²) < 4.78 is 1.76. The van der Waals surface area contributed by atoms with Crippen molar-refractivity contribution in [3.8, 4) is 0 Å². The van der Waals surface area contributed by atoms with E-state index in [-0.39, 0.29) is 24.4 Å². The highest BCUT2D eigenvalue weighted by molar-refractivity contribution is 5.96. The molecule has 7 nitrogen and oxygen atoms in total. The maximum absolute atomic E-state index is 13.0. The van der Waals surface area contributed by atoms with Gasteiger partial charge in [0, 0.05) is 37.8 Å². The van der Waals surface area contributed by atoms with Gasteiger partial charge in [-0.15, -0.1) is 0 Å². The zero-order chi connectivity index (χ0) is 25.0. The standard InChI is InChI=1S/C28H44N4O3/c1-28(2,3)18-23-8-6-21(7-9-23)17-22-10-14-30(15-11-22)20-32-13-4-5-24(26(32)34)19-31-16-12-25(33)29-27(31)35/h4-5,13,21-23H,6-12,14-20H2,1-3H3,(H,29,33,35). The molecule has 1 aromatic rings. The molecule has 0 radical (unpaired) electrons. The number of piperidine rings is 1. The zero-order valence-electron chi connectivity index (χ0n) is 21.9. The number of hydrogen-bond donors (Lipinski definition) is 1. The number of likely N-dealkylation sites (tertiary alicyclic amines) is 1. The highest BCUT2D eigenvalue weighted by Crippen LogP contribution is 2.39. The molecule has 3 fully saturated rings. The fourth-order valence-electron chi connectivity index (χ4n) is 6.36. The van der Waals surface area contributed by atoms with Gasteiger partial charge in [0.15, 0.2) is 0 Å². The van der Waals surface area contributed by atoms with Crippen molar-refractivity contribution in [2.75, 3.05) is 19.6 Å². The number of carbonyl (C=O) groups is 2. The minimum Gasteiger partial charge on any atom is -0.319 e. The van der Waals surface area contributed by atoms with Crippen LogP contribution in [-0.2, 0) is 18.0 Å². The van der Waals surface area contributed by atoms with Gasteiger partial charge in [-0.2, -0.15) is 0 Å². The van der Waals surface area contributed by atoms with E-state index in [2.05, 4.69) is 31.0 Å². The summed E-state index contributed by atoms with van der Waals surface area (Å²) in [7, 11) is 0. The van der Waals surface area contributed by atoms with Gasteiger partial charge in [0.1, 0.15) is 0 Å². The average molecular weight is 485 g/mol. The summed E-state index contributed by atoms with van der Waals surface area (Å²) in [6, 6.07) is 3.25. The van der Waals surface area contributed by atoms with Crippen LogP contribution in [0.3, 0.4) is 0 Å². The smallest absolute Gasteiger partial charge is 0.319 e. The number of aromatic nitrogens is 1. The molecule has 3 amide bonds. The molecule has 2 saturated heterocycles. The number of imide groups is 1. The number of hydrogen-bond acceptors (Lipinski definition) is 4. The second-order valence-electron chi connectivity index (χ2n) is 12.4. The van der Waals surface area contributed by atoms with Crippen molar-refractivity contribution < 1.29 is 9.59 Å². The van der Waals surface area contributed by atoms with Crippen LogP contribution in [0.1, 0.15) is 84.1 Å². The topological polar surface area (TPSA) is 74.7 Å². The Balaban J connectivity index is 1.22. The third-order valence-corrected chi connectivity index (χ3v) is 8.20. The number of nitrogens with one attached hydrogen (secondary N) is 1. The van der Waals surface area contributed by atoms with Crippen LogP contribution in [0.5, 0.6) is 0 Å². The Morgan fingerprint density at radius 3 is 2.23 bits per heavy atom. The minimum absolute atomic E-state index is 0.0497. The average Bonchev–Trinajstić information content (AvgIpc) is 2.80. The Morgan fingerprint density at radius 2 is 1.57 bits per heavy atom. The summed E-state index contributed by atoms with van der Waals surface area (Å²) >= 11 is 0. The predicted molar refractivity (Wildman–Crippen MR) is 138 cm³/mol. The van der Waals surface area contributed by atoms with Gasteiger partial charge < -0.3 is 9.47 Å². The van der Waals surface area contributed by atoms with Crippen molar-refractivity contribution in [3.05, 3.63) is 34.2 Å². The number of rotatable bonds is 7.